The van der Waals surface area contributed by atoms with Gasteiger partial charge in [-0.25, -0.2) is 4.79 Å². The fraction of sp³-hybridized carbons (Fsp3) is 0.944. The summed E-state index contributed by atoms with van der Waals surface area (Å²) in [6, 6.07) is 0.778. The van der Waals surface area contributed by atoms with Gasteiger partial charge in [-0.15, -0.1) is 0 Å². The molecule has 0 aromatic heterocycles. The zero-order valence-corrected chi connectivity index (χ0v) is 15.3. The zero-order chi connectivity index (χ0) is 16.5. The van der Waals surface area contributed by atoms with Gasteiger partial charge in [0.2, 0.25) is 0 Å². The van der Waals surface area contributed by atoms with E-state index >= 15 is 0 Å². The maximum atomic E-state index is 12.6. The average molecular weight is 309 g/mol. The fourth-order valence-corrected chi connectivity index (χ4v) is 4.50. The number of nitrogens with zero attached hydrogens (tertiary/aromatic N) is 1. The van der Waals surface area contributed by atoms with Crippen molar-refractivity contribution < 1.29 is 4.79 Å². The molecule has 0 unspecified atom stereocenters. The molecule has 2 N–H and O–H groups in total. The molecule has 1 saturated carbocycles. The first-order valence-corrected chi connectivity index (χ1v) is 8.91. The van der Waals surface area contributed by atoms with Crippen LogP contribution in [0.4, 0.5) is 4.79 Å². The van der Waals surface area contributed by atoms with E-state index in [1.807, 2.05) is 11.9 Å². The van der Waals surface area contributed by atoms with Crippen molar-refractivity contribution in [2.75, 3.05) is 7.05 Å². The van der Waals surface area contributed by atoms with Crippen molar-refractivity contribution in [3.8, 4) is 0 Å². The molecule has 1 heterocycles. The Morgan fingerprint density at radius 2 is 1.55 bits per heavy atom. The van der Waals surface area contributed by atoms with E-state index in [1.54, 1.807) is 0 Å². The average Bonchev–Trinajstić information content (AvgIpc) is 2.34. The number of nitrogens with one attached hydrogen (secondary N) is 2. The predicted molar refractivity (Wildman–Crippen MR) is 92.0 cm³/mol. The largest absolute Gasteiger partial charge is 0.335 e. The Kier molecular flexibility index (Phi) is 5.10. The van der Waals surface area contributed by atoms with Gasteiger partial charge in [-0.3, -0.25) is 0 Å². The number of carbonyl (C=O) groups is 1. The van der Waals surface area contributed by atoms with Gasteiger partial charge in [0.15, 0.2) is 0 Å². The van der Waals surface area contributed by atoms with E-state index in [-0.39, 0.29) is 23.2 Å². The molecule has 0 spiro atoms. The summed E-state index contributed by atoms with van der Waals surface area (Å²) < 4.78 is 0. The molecule has 1 aliphatic carbocycles. The molecule has 2 rings (SSSR count). The van der Waals surface area contributed by atoms with E-state index in [4.69, 9.17) is 0 Å². The van der Waals surface area contributed by atoms with Crippen LogP contribution in [0.15, 0.2) is 0 Å². The zero-order valence-electron chi connectivity index (χ0n) is 15.3. The molecule has 0 aromatic carbocycles. The van der Waals surface area contributed by atoms with Gasteiger partial charge in [-0.05, 0) is 72.1 Å². The smallest absolute Gasteiger partial charge is 0.317 e. The van der Waals surface area contributed by atoms with Gasteiger partial charge in [-0.1, -0.05) is 6.92 Å². The predicted octanol–water partition coefficient (Wildman–Crippen LogP) is 3.52. The summed E-state index contributed by atoms with van der Waals surface area (Å²) in [4.78, 5) is 14.6. The van der Waals surface area contributed by atoms with Gasteiger partial charge in [-0.2, -0.15) is 0 Å². The SMILES string of the molecule is CC1CCC(N(C)C(=O)NC2CC(C)(C)NC(C)(C)C2)CC1. The second-order valence-electron chi connectivity index (χ2n) is 8.97. The molecule has 0 radical (unpaired) electrons. The summed E-state index contributed by atoms with van der Waals surface area (Å²) in [6.45, 7) is 11.2. The minimum Gasteiger partial charge on any atom is -0.335 e. The van der Waals surface area contributed by atoms with E-state index in [1.165, 1.54) is 12.8 Å². The van der Waals surface area contributed by atoms with Crippen molar-refractivity contribution >= 4 is 6.03 Å². The lowest BCUT2D eigenvalue weighted by atomic mass is 9.79. The molecule has 1 aliphatic heterocycles. The van der Waals surface area contributed by atoms with Gasteiger partial charge in [0.1, 0.15) is 0 Å². The minimum absolute atomic E-state index is 0.0680. The highest BCUT2D eigenvalue weighted by atomic mass is 16.2. The highest BCUT2D eigenvalue weighted by molar-refractivity contribution is 5.74. The molecule has 22 heavy (non-hydrogen) atoms. The van der Waals surface area contributed by atoms with Gasteiger partial charge in [0.25, 0.3) is 0 Å². The van der Waals surface area contributed by atoms with Gasteiger partial charge < -0.3 is 15.5 Å². The molecule has 2 fully saturated rings. The molecule has 0 bridgehead atoms. The minimum atomic E-state index is 0.0680. The lowest BCUT2D eigenvalue weighted by Crippen LogP contribution is -2.63. The summed E-state index contributed by atoms with van der Waals surface area (Å²) >= 11 is 0. The highest BCUT2D eigenvalue weighted by Crippen LogP contribution is 2.29. The van der Waals surface area contributed by atoms with Crippen LogP contribution in [-0.4, -0.2) is 41.1 Å². The Balaban J connectivity index is 1.90. The Morgan fingerprint density at radius 1 is 1.05 bits per heavy atom. The van der Waals surface area contributed by atoms with Gasteiger partial charge >= 0.3 is 6.03 Å². The van der Waals surface area contributed by atoms with E-state index in [0.29, 0.717) is 6.04 Å². The third-order valence-corrected chi connectivity index (χ3v) is 5.37. The van der Waals surface area contributed by atoms with Crippen molar-refractivity contribution in [3.05, 3.63) is 0 Å². The standard InChI is InChI=1S/C18H35N3O/c1-13-7-9-15(10-8-13)21(6)16(22)19-14-11-17(2,3)20-18(4,5)12-14/h13-15,20H,7-12H2,1-6H3,(H,19,22). The normalized spacial score (nSPS) is 31.5. The molecule has 0 atom stereocenters. The number of urea groups is 1. The molecule has 4 nitrogen and oxygen atoms in total. The van der Waals surface area contributed by atoms with Crippen LogP contribution in [0.1, 0.15) is 73.1 Å². The monoisotopic (exact) mass is 309 g/mol. The van der Waals surface area contributed by atoms with Crippen molar-refractivity contribution in [2.45, 2.75) is 96.3 Å². The third-order valence-electron chi connectivity index (χ3n) is 5.37. The molecule has 1 saturated heterocycles. The van der Waals surface area contributed by atoms with Crippen LogP contribution < -0.4 is 10.6 Å². The van der Waals surface area contributed by atoms with Crippen LogP contribution in [0.25, 0.3) is 0 Å². The number of piperidine rings is 1. The maximum absolute atomic E-state index is 12.6. The molecular weight excluding hydrogens is 274 g/mol. The fourth-order valence-electron chi connectivity index (χ4n) is 4.50. The summed E-state index contributed by atoms with van der Waals surface area (Å²) in [7, 11) is 1.97. The molecular formula is C18H35N3O. The quantitative estimate of drug-likeness (QED) is 0.820. The molecule has 2 amide bonds. The first kappa shape index (κ1) is 17.6. The third kappa shape index (κ3) is 4.61. The van der Waals surface area contributed by atoms with E-state index in [9.17, 15) is 4.79 Å². The second kappa shape index (κ2) is 6.38. The Hall–Kier alpha value is -0.770. The number of hydrogen-bond donors (Lipinski definition) is 2. The topological polar surface area (TPSA) is 44.4 Å². The van der Waals surface area contributed by atoms with Crippen molar-refractivity contribution in [1.29, 1.82) is 0 Å². The number of carbonyl (C=O) groups excluding carboxylic acids is 1. The Bertz CT molecular complexity index is 381. The number of rotatable bonds is 2. The van der Waals surface area contributed by atoms with E-state index < -0.39 is 0 Å². The summed E-state index contributed by atoms with van der Waals surface area (Å²) in [6.07, 6.45) is 6.75. The van der Waals surface area contributed by atoms with Crippen molar-refractivity contribution in [2.24, 2.45) is 5.92 Å². The van der Waals surface area contributed by atoms with Crippen molar-refractivity contribution in [1.82, 2.24) is 15.5 Å². The van der Waals surface area contributed by atoms with Crippen LogP contribution in [0, 0.1) is 5.92 Å². The lowest BCUT2D eigenvalue weighted by Gasteiger charge is -2.47. The first-order valence-electron chi connectivity index (χ1n) is 8.91. The lowest BCUT2D eigenvalue weighted by molar-refractivity contribution is 0.130. The second-order valence-corrected chi connectivity index (χ2v) is 8.97. The van der Waals surface area contributed by atoms with Gasteiger partial charge in [0, 0.05) is 30.2 Å². The Labute approximate surface area is 136 Å². The number of hydrogen-bond acceptors (Lipinski definition) is 2. The highest BCUT2D eigenvalue weighted by Gasteiger charge is 2.38. The maximum Gasteiger partial charge on any atom is 0.317 e. The van der Waals surface area contributed by atoms with Crippen LogP contribution >= 0.6 is 0 Å². The van der Waals surface area contributed by atoms with Crippen LogP contribution in [0.3, 0.4) is 0 Å². The van der Waals surface area contributed by atoms with E-state index in [0.717, 1.165) is 31.6 Å². The molecule has 2 aliphatic rings. The Morgan fingerprint density at radius 3 is 2.05 bits per heavy atom. The summed E-state index contributed by atoms with van der Waals surface area (Å²) in [5.74, 6) is 0.818. The van der Waals surface area contributed by atoms with Crippen LogP contribution in [0.5, 0.6) is 0 Å². The summed E-state index contributed by atoms with van der Waals surface area (Å²) in [5, 5.41) is 6.95. The van der Waals surface area contributed by atoms with Crippen molar-refractivity contribution in [3.63, 3.8) is 0 Å². The van der Waals surface area contributed by atoms with Gasteiger partial charge in [0.05, 0.1) is 0 Å². The number of amides is 2. The van der Waals surface area contributed by atoms with E-state index in [2.05, 4.69) is 45.3 Å². The first-order chi connectivity index (χ1) is 10.1. The van der Waals surface area contributed by atoms with Crippen LogP contribution in [-0.2, 0) is 0 Å². The molecule has 128 valence electrons. The summed E-state index contributed by atoms with van der Waals surface area (Å²) in [5.41, 5.74) is 0.136. The van der Waals surface area contributed by atoms with Crippen LogP contribution in [0.2, 0.25) is 0 Å². The molecule has 0 aromatic rings. The molecule has 4 heteroatoms.